The molecule has 1 atom stereocenters. The molecule has 0 spiro atoms. The zero-order chi connectivity index (χ0) is 12.5. The minimum absolute atomic E-state index is 0.0411. The summed E-state index contributed by atoms with van der Waals surface area (Å²) in [5, 5.41) is 8.28. The standard InChI is InChI=1S/C13H15FN4/c14-10-5-2-1-4-9(10)8-12-16-17-13-11(15)6-3-7-18(12)13/h1-2,4-5,11H,3,6-8,15H2. The van der Waals surface area contributed by atoms with E-state index in [1.807, 2.05) is 10.6 Å². The third-order valence-corrected chi connectivity index (χ3v) is 3.39. The summed E-state index contributed by atoms with van der Waals surface area (Å²) in [7, 11) is 0. The molecular weight excluding hydrogens is 231 g/mol. The summed E-state index contributed by atoms with van der Waals surface area (Å²) in [6.07, 6.45) is 2.43. The van der Waals surface area contributed by atoms with Gasteiger partial charge < -0.3 is 10.3 Å². The Hall–Kier alpha value is -1.75. The molecule has 1 aromatic carbocycles. The topological polar surface area (TPSA) is 56.7 Å². The number of aromatic nitrogens is 3. The minimum atomic E-state index is -0.199. The van der Waals surface area contributed by atoms with Crippen LogP contribution in [0.5, 0.6) is 0 Å². The third-order valence-electron chi connectivity index (χ3n) is 3.39. The first-order valence-electron chi connectivity index (χ1n) is 6.16. The van der Waals surface area contributed by atoms with Gasteiger partial charge in [-0.1, -0.05) is 18.2 Å². The van der Waals surface area contributed by atoms with Crippen molar-refractivity contribution in [3.63, 3.8) is 0 Å². The van der Waals surface area contributed by atoms with Crippen molar-refractivity contribution in [3.05, 3.63) is 47.3 Å². The van der Waals surface area contributed by atoms with Crippen LogP contribution in [0.25, 0.3) is 0 Å². The minimum Gasteiger partial charge on any atom is -0.321 e. The van der Waals surface area contributed by atoms with Gasteiger partial charge in [0.1, 0.15) is 17.5 Å². The van der Waals surface area contributed by atoms with E-state index >= 15 is 0 Å². The maximum Gasteiger partial charge on any atom is 0.149 e. The number of nitrogens with zero attached hydrogens (tertiary/aromatic N) is 3. The number of fused-ring (bicyclic) bond motifs is 1. The second kappa shape index (κ2) is 4.49. The highest BCUT2D eigenvalue weighted by Crippen LogP contribution is 2.23. The third kappa shape index (κ3) is 1.90. The van der Waals surface area contributed by atoms with Crippen molar-refractivity contribution in [2.75, 3.05) is 0 Å². The van der Waals surface area contributed by atoms with Gasteiger partial charge in [0.2, 0.25) is 0 Å². The highest BCUT2D eigenvalue weighted by molar-refractivity contribution is 5.21. The average Bonchev–Trinajstić information content (AvgIpc) is 2.77. The number of halogens is 1. The molecule has 94 valence electrons. The summed E-state index contributed by atoms with van der Waals surface area (Å²) in [6.45, 7) is 0.875. The van der Waals surface area contributed by atoms with E-state index in [0.29, 0.717) is 12.0 Å². The molecule has 0 bridgehead atoms. The van der Waals surface area contributed by atoms with Gasteiger partial charge in [-0.05, 0) is 24.5 Å². The van der Waals surface area contributed by atoms with Crippen LogP contribution in [-0.2, 0) is 13.0 Å². The van der Waals surface area contributed by atoms with E-state index in [2.05, 4.69) is 10.2 Å². The molecule has 0 fully saturated rings. The molecule has 0 aliphatic carbocycles. The number of benzene rings is 1. The van der Waals surface area contributed by atoms with Gasteiger partial charge >= 0.3 is 0 Å². The molecule has 2 aromatic rings. The second-order valence-corrected chi connectivity index (χ2v) is 4.64. The van der Waals surface area contributed by atoms with E-state index < -0.39 is 0 Å². The van der Waals surface area contributed by atoms with Crippen LogP contribution < -0.4 is 5.73 Å². The van der Waals surface area contributed by atoms with E-state index in [0.717, 1.165) is 31.0 Å². The smallest absolute Gasteiger partial charge is 0.149 e. The van der Waals surface area contributed by atoms with Gasteiger partial charge in [0.25, 0.3) is 0 Å². The van der Waals surface area contributed by atoms with Gasteiger partial charge in [-0.3, -0.25) is 0 Å². The van der Waals surface area contributed by atoms with Gasteiger partial charge in [-0.25, -0.2) is 4.39 Å². The van der Waals surface area contributed by atoms with Gasteiger partial charge in [0.05, 0.1) is 6.04 Å². The number of rotatable bonds is 2. The lowest BCUT2D eigenvalue weighted by Gasteiger charge is -2.20. The van der Waals surface area contributed by atoms with Gasteiger partial charge in [0.15, 0.2) is 0 Å². The molecule has 0 radical (unpaired) electrons. The van der Waals surface area contributed by atoms with Crippen LogP contribution in [0.2, 0.25) is 0 Å². The summed E-state index contributed by atoms with van der Waals surface area (Å²) in [5.41, 5.74) is 6.63. The Labute approximate surface area is 105 Å². The maximum atomic E-state index is 13.6. The van der Waals surface area contributed by atoms with E-state index in [1.165, 1.54) is 6.07 Å². The molecule has 0 saturated carbocycles. The second-order valence-electron chi connectivity index (χ2n) is 4.64. The zero-order valence-electron chi connectivity index (χ0n) is 10.0. The van der Waals surface area contributed by atoms with Crippen molar-refractivity contribution in [3.8, 4) is 0 Å². The van der Waals surface area contributed by atoms with Gasteiger partial charge in [0, 0.05) is 13.0 Å². The van der Waals surface area contributed by atoms with Crippen LogP contribution in [0.1, 0.15) is 36.1 Å². The molecule has 1 unspecified atom stereocenters. The Morgan fingerprint density at radius 2 is 2.17 bits per heavy atom. The molecule has 2 N–H and O–H groups in total. The molecule has 5 heteroatoms. The first kappa shape index (κ1) is 11.3. The van der Waals surface area contributed by atoms with Crippen molar-refractivity contribution in [2.45, 2.75) is 31.8 Å². The van der Waals surface area contributed by atoms with E-state index in [1.54, 1.807) is 12.1 Å². The first-order valence-corrected chi connectivity index (χ1v) is 6.16. The SMILES string of the molecule is NC1CCCn2c(Cc3ccccc3F)nnc21. The fourth-order valence-corrected chi connectivity index (χ4v) is 2.41. The van der Waals surface area contributed by atoms with Crippen LogP contribution in [0.3, 0.4) is 0 Å². The summed E-state index contributed by atoms with van der Waals surface area (Å²) < 4.78 is 15.6. The maximum absolute atomic E-state index is 13.6. The molecule has 18 heavy (non-hydrogen) atoms. The van der Waals surface area contributed by atoms with Crippen LogP contribution in [0, 0.1) is 5.82 Å². The van der Waals surface area contributed by atoms with Crippen molar-refractivity contribution >= 4 is 0 Å². The fourth-order valence-electron chi connectivity index (χ4n) is 2.41. The summed E-state index contributed by atoms with van der Waals surface area (Å²) in [6, 6.07) is 6.72. The monoisotopic (exact) mass is 246 g/mol. The largest absolute Gasteiger partial charge is 0.321 e. The lowest BCUT2D eigenvalue weighted by Crippen LogP contribution is -2.23. The van der Waals surface area contributed by atoms with E-state index in [4.69, 9.17) is 5.73 Å². The average molecular weight is 246 g/mol. The Kier molecular flexibility index (Phi) is 2.83. The molecule has 1 aliphatic heterocycles. The molecule has 0 saturated heterocycles. The highest BCUT2D eigenvalue weighted by atomic mass is 19.1. The van der Waals surface area contributed by atoms with E-state index in [-0.39, 0.29) is 11.9 Å². The molecular formula is C13H15FN4. The Morgan fingerprint density at radius 3 is 3.00 bits per heavy atom. The predicted octanol–water partition coefficient (Wildman–Crippen LogP) is 1.80. The van der Waals surface area contributed by atoms with Crippen molar-refractivity contribution in [2.24, 2.45) is 5.73 Å². The molecule has 0 amide bonds. The Balaban J connectivity index is 1.92. The normalized spacial score (nSPS) is 18.7. The fraction of sp³-hybridized carbons (Fsp3) is 0.385. The molecule has 3 rings (SSSR count). The quantitative estimate of drug-likeness (QED) is 0.879. The molecule has 1 aromatic heterocycles. The number of hydrogen-bond acceptors (Lipinski definition) is 3. The Morgan fingerprint density at radius 1 is 1.33 bits per heavy atom. The van der Waals surface area contributed by atoms with Crippen molar-refractivity contribution in [1.82, 2.24) is 14.8 Å². The van der Waals surface area contributed by atoms with Gasteiger partial charge in [-0.2, -0.15) is 0 Å². The van der Waals surface area contributed by atoms with Crippen LogP contribution in [-0.4, -0.2) is 14.8 Å². The highest BCUT2D eigenvalue weighted by Gasteiger charge is 2.22. The van der Waals surface area contributed by atoms with Crippen LogP contribution in [0.4, 0.5) is 4.39 Å². The zero-order valence-corrected chi connectivity index (χ0v) is 10.0. The molecule has 1 aliphatic rings. The summed E-state index contributed by atoms with van der Waals surface area (Å²) >= 11 is 0. The lowest BCUT2D eigenvalue weighted by atomic mass is 10.1. The van der Waals surface area contributed by atoms with E-state index in [9.17, 15) is 4.39 Å². The van der Waals surface area contributed by atoms with Crippen molar-refractivity contribution < 1.29 is 4.39 Å². The Bertz CT molecular complexity index is 564. The lowest BCUT2D eigenvalue weighted by molar-refractivity contribution is 0.444. The molecule has 4 nitrogen and oxygen atoms in total. The first-order chi connectivity index (χ1) is 8.75. The number of nitrogens with two attached hydrogens (primary N) is 1. The number of hydrogen-bond donors (Lipinski definition) is 1. The molecule has 2 heterocycles. The predicted molar refractivity (Wildman–Crippen MR) is 65.4 cm³/mol. The van der Waals surface area contributed by atoms with Crippen molar-refractivity contribution in [1.29, 1.82) is 0 Å². The van der Waals surface area contributed by atoms with Crippen LogP contribution >= 0.6 is 0 Å². The summed E-state index contributed by atoms with van der Waals surface area (Å²) in [4.78, 5) is 0. The van der Waals surface area contributed by atoms with Gasteiger partial charge in [-0.15, -0.1) is 10.2 Å². The summed E-state index contributed by atoms with van der Waals surface area (Å²) in [5.74, 6) is 1.42. The van der Waals surface area contributed by atoms with Crippen LogP contribution in [0.15, 0.2) is 24.3 Å².